The van der Waals surface area contributed by atoms with Gasteiger partial charge in [-0.3, -0.25) is 10.1 Å². The first-order chi connectivity index (χ1) is 11.1. The normalized spacial score (nSPS) is 19.1. The highest BCUT2D eigenvalue weighted by Gasteiger charge is 2.16. The first-order valence-corrected chi connectivity index (χ1v) is 8.23. The zero-order valence-corrected chi connectivity index (χ0v) is 13.6. The van der Waals surface area contributed by atoms with E-state index in [1.54, 1.807) is 0 Å². The van der Waals surface area contributed by atoms with Crippen LogP contribution in [0.3, 0.4) is 0 Å². The maximum Gasteiger partial charge on any atom is 0.338 e. The summed E-state index contributed by atoms with van der Waals surface area (Å²) in [5, 5.41) is 10.6. The Morgan fingerprint density at radius 2 is 2.04 bits per heavy atom. The van der Waals surface area contributed by atoms with E-state index < -0.39 is 10.9 Å². The quantitative estimate of drug-likeness (QED) is 0.347. The lowest BCUT2D eigenvalue weighted by molar-refractivity contribution is -0.384. The van der Waals surface area contributed by atoms with Crippen LogP contribution in [0.5, 0.6) is 0 Å². The molecule has 0 spiro atoms. The Hall–Kier alpha value is -1.95. The molecule has 1 aliphatic heterocycles. The van der Waals surface area contributed by atoms with E-state index in [0.29, 0.717) is 18.2 Å². The van der Waals surface area contributed by atoms with E-state index in [9.17, 15) is 14.9 Å². The second-order valence-electron chi connectivity index (χ2n) is 6.03. The second-order valence-corrected chi connectivity index (χ2v) is 6.03. The van der Waals surface area contributed by atoms with Crippen molar-refractivity contribution in [3.63, 3.8) is 0 Å². The molecule has 1 aromatic rings. The highest BCUT2D eigenvalue weighted by Crippen LogP contribution is 2.16. The van der Waals surface area contributed by atoms with Gasteiger partial charge in [-0.15, -0.1) is 0 Å². The fourth-order valence-electron chi connectivity index (χ4n) is 2.90. The Bertz CT molecular complexity index is 530. The summed E-state index contributed by atoms with van der Waals surface area (Å²) in [4.78, 5) is 24.4. The molecule has 23 heavy (non-hydrogen) atoms. The number of nitro benzene ring substituents is 1. The van der Waals surface area contributed by atoms with Crippen LogP contribution < -0.4 is 0 Å². The summed E-state index contributed by atoms with van der Waals surface area (Å²) in [6, 6.07) is 6.09. The molecule has 0 radical (unpaired) electrons. The third-order valence-electron chi connectivity index (χ3n) is 4.33. The first-order valence-electron chi connectivity index (χ1n) is 8.23. The van der Waals surface area contributed by atoms with E-state index in [4.69, 9.17) is 4.74 Å². The standard InChI is InChI=1S/C17H24N2O4/c1-14-6-3-2-4-11-18(14)12-5-13-23-17(20)15-7-9-16(10-8-15)19(21)22/h7-10,14H,2-6,11-13H2,1H3/t14-/m0/s1. The Balaban J connectivity index is 1.73. The molecule has 1 atom stereocenters. The zero-order valence-electron chi connectivity index (χ0n) is 13.6. The van der Waals surface area contributed by atoms with Crippen LogP contribution in [0, 0.1) is 10.1 Å². The van der Waals surface area contributed by atoms with Gasteiger partial charge in [-0.05, 0) is 44.9 Å². The van der Waals surface area contributed by atoms with Gasteiger partial charge in [-0.1, -0.05) is 12.8 Å². The minimum absolute atomic E-state index is 0.0308. The van der Waals surface area contributed by atoms with Crippen LogP contribution in [0.2, 0.25) is 0 Å². The van der Waals surface area contributed by atoms with Gasteiger partial charge in [0.25, 0.3) is 5.69 Å². The van der Waals surface area contributed by atoms with Crippen LogP contribution in [-0.4, -0.2) is 41.5 Å². The van der Waals surface area contributed by atoms with Gasteiger partial charge in [0.1, 0.15) is 0 Å². The molecule has 1 fully saturated rings. The van der Waals surface area contributed by atoms with E-state index in [1.807, 2.05) is 0 Å². The van der Waals surface area contributed by atoms with Gasteiger partial charge in [-0.2, -0.15) is 0 Å². The Morgan fingerprint density at radius 3 is 2.74 bits per heavy atom. The van der Waals surface area contributed by atoms with Crippen molar-refractivity contribution < 1.29 is 14.5 Å². The highest BCUT2D eigenvalue weighted by molar-refractivity contribution is 5.89. The van der Waals surface area contributed by atoms with Gasteiger partial charge in [0.2, 0.25) is 0 Å². The number of non-ortho nitro benzene ring substituents is 1. The van der Waals surface area contributed by atoms with Gasteiger partial charge in [-0.25, -0.2) is 4.79 Å². The average molecular weight is 320 g/mol. The summed E-state index contributed by atoms with van der Waals surface area (Å²) in [6.07, 6.45) is 5.89. The number of nitrogens with zero attached hydrogens (tertiary/aromatic N) is 2. The van der Waals surface area contributed by atoms with Crippen LogP contribution >= 0.6 is 0 Å². The molecule has 1 aliphatic rings. The lowest BCUT2D eigenvalue weighted by atomic mass is 10.1. The summed E-state index contributed by atoms with van der Waals surface area (Å²) in [7, 11) is 0. The molecular weight excluding hydrogens is 296 g/mol. The number of nitro groups is 1. The fourth-order valence-corrected chi connectivity index (χ4v) is 2.90. The fraction of sp³-hybridized carbons (Fsp3) is 0.588. The molecule has 1 aromatic carbocycles. The summed E-state index contributed by atoms with van der Waals surface area (Å²) in [6.45, 7) is 4.69. The third kappa shape index (κ3) is 5.32. The predicted octanol–water partition coefficient (Wildman–Crippen LogP) is 3.41. The van der Waals surface area contributed by atoms with E-state index in [0.717, 1.165) is 19.5 Å². The smallest absolute Gasteiger partial charge is 0.338 e. The van der Waals surface area contributed by atoms with E-state index >= 15 is 0 Å². The summed E-state index contributed by atoms with van der Waals surface area (Å²) < 4.78 is 5.25. The molecule has 1 saturated heterocycles. The maximum atomic E-state index is 11.9. The summed E-state index contributed by atoms with van der Waals surface area (Å²) in [5.74, 6) is -0.427. The van der Waals surface area contributed by atoms with Crippen molar-refractivity contribution in [2.45, 2.75) is 45.1 Å². The molecule has 1 heterocycles. The molecule has 6 heteroatoms. The number of esters is 1. The molecule has 0 saturated carbocycles. The molecule has 2 rings (SSSR count). The maximum absolute atomic E-state index is 11.9. The van der Waals surface area contributed by atoms with Crippen LogP contribution in [-0.2, 0) is 4.74 Å². The van der Waals surface area contributed by atoms with Gasteiger partial charge < -0.3 is 9.64 Å². The molecule has 0 N–H and O–H groups in total. The monoisotopic (exact) mass is 320 g/mol. The van der Waals surface area contributed by atoms with Crippen LogP contribution in [0.15, 0.2) is 24.3 Å². The number of carbonyl (C=O) groups excluding carboxylic acids is 1. The molecule has 0 aromatic heterocycles. The predicted molar refractivity (Wildman–Crippen MR) is 87.5 cm³/mol. The number of benzene rings is 1. The Labute approximate surface area is 136 Å². The number of carbonyl (C=O) groups is 1. The van der Waals surface area contributed by atoms with Crippen LogP contribution in [0.1, 0.15) is 49.4 Å². The summed E-state index contributed by atoms with van der Waals surface area (Å²) in [5.41, 5.74) is 0.315. The Kier molecular flexibility index (Phi) is 6.52. The molecule has 126 valence electrons. The third-order valence-corrected chi connectivity index (χ3v) is 4.33. The SMILES string of the molecule is C[C@H]1CCCCCN1CCCOC(=O)c1ccc([N+](=O)[O-])cc1. The largest absolute Gasteiger partial charge is 0.462 e. The van der Waals surface area contributed by atoms with Crippen molar-refractivity contribution in [2.75, 3.05) is 19.7 Å². The second kappa shape index (κ2) is 8.62. The van der Waals surface area contributed by atoms with Gasteiger partial charge >= 0.3 is 5.97 Å². The van der Waals surface area contributed by atoms with E-state index in [2.05, 4.69) is 11.8 Å². The van der Waals surface area contributed by atoms with Gasteiger partial charge in [0, 0.05) is 24.7 Å². The molecular formula is C17H24N2O4. The number of hydrogen-bond acceptors (Lipinski definition) is 5. The highest BCUT2D eigenvalue weighted by atomic mass is 16.6. The minimum Gasteiger partial charge on any atom is -0.462 e. The van der Waals surface area contributed by atoms with Crippen molar-refractivity contribution in [2.24, 2.45) is 0 Å². The topological polar surface area (TPSA) is 72.7 Å². The number of ether oxygens (including phenoxy) is 1. The van der Waals surface area contributed by atoms with Crippen molar-refractivity contribution >= 4 is 11.7 Å². The van der Waals surface area contributed by atoms with E-state index in [1.165, 1.54) is 49.9 Å². The average Bonchev–Trinajstić information content (AvgIpc) is 2.76. The van der Waals surface area contributed by atoms with Crippen molar-refractivity contribution in [3.05, 3.63) is 39.9 Å². The minimum atomic E-state index is -0.489. The van der Waals surface area contributed by atoms with Crippen LogP contribution in [0.4, 0.5) is 5.69 Å². The molecule has 0 unspecified atom stereocenters. The molecule has 6 nitrogen and oxygen atoms in total. The van der Waals surface area contributed by atoms with Gasteiger partial charge in [0.15, 0.2) is 0 Å². The van der Waals surface area contributed by atoms with Gasteiger partial charge in [0.05, 0.1) is 17.1 Å². The number of hydrogen-bond donors (Lipinski definition) is 0. The first kappa shape index (κ1) is 17.4. The van der Waals surface area contributed by atoms with Crippen molar-refractivity contribution in [1.29, 1.82) is 0 Å². The lowest BCUT2D eigenvalue weighted by Crippen LogP contribution is -2.34. The Morgan fingerprint density at radius 1 is 1.30 bits per heavy atom. The zero-order chi connectivity index (χ0) is 16.7. The molecule has 0 amide bonds. The number of rotatable bonds is 6. The molecule has 0 aliphatic carbocycles. The number of likely N-dealkylation sites (tertiary alicyclic amines) is 1. The van der Waals surface area contributed by atoms with Crippen LogP contribution in [0.25, 0.3) is 0 Å². The molecule has 0 bridgehead atoms. The lowest BCUT2D eigenvalue weighted by Gasteiger charge is -2.26. The van der Waals surface area contributed by atoms with Crippen molar-refractivity contribution in [1.82, 2.24) is 4.90 Å². The van der Waals surface area contributed by atoms with Crippen molar-refractivity contribution in [3.8, 4) is 0 Å². The van der Waals surface area contributed by atoms with E-state index in [-0.39, 0.29) is 5.69 Å². The summed E-state index contributed by atoms with van der Waals surface area (Å²) >= 11 is 0.